The molecule has 2 aliphatic rings. The number of aromatic nitrogens is 3. The van der Waals surface area contributed by atoms with Gasteiger partial charge in [-0.2, -0.15) is 9.61 Å². The largest absolute Gasteiger partial charge is 0.395 e. The molecule has 3 aromatic carbocycles. The van der Waals surface area contributed by atoms with Gasteiger partial charge in [0.05, 0.1) is 18.0 Å². The summed E-state index contributed by atoms with van der Waals surface area (Å²) in [5.41, 5.74) is 9.21. The highest BCUT2D eigenvalue weighted by molar-refractivity contribution is 5.83. The highest BCUT2D eigenvalue weighted by atomic mass is 16.3. The van der Waals surface area contributed by atoms with Crippen molar-refractivity contribution < 1.29 is 5.11 Å². The van der Waals surface area contributed by atoms with Gasteiger partial charge in [0.1, 0.15) is 5.82 Å². The van der Waals surface area contributed by atoms with Crippen LogP contribution in [0.15, 0.2) is 91.0 Å². The summed E-state index contributed by atoms with van der Waals surface area (Å²) in [5, 5.41) is 14.5. The fourth-order valence-corrected chi connectivity index (χ4v) is 8.06. The van der Waals surface area contributed by atoms with E-state index in [-0.39, 0.29) is 6.61 Å². The smallest absolute Gasteiger partial charge is 0.166 e. The number of hydrogen-bond acceptors (Lipinski definition) is 6. The summed E-state index contributed by atoms with van der Waals surface area (Å²) in [6.07, 6.45) is 10.2. The molecular formula is C43H54N6O. The Morgan fingerprint density at radius 2 is 1.36 bits per heavy atom. The minimum absolute atomic E-state index is 0.202. The number of fused-ring (bicyclic) bond motifs is 1. The average molecular weight is 671 g/mol. The molecule has 0 saturated carbocycles. The minimum Gasteiger partial charge on any atom is -0.395 e. The zero-order valence-electron chi connectivity index (χ0n) is 29.9. The first-order valence-electron chi connectivity index (χ1n) is 19.1. The fourth-order valence-electron chi connectivity index (χ4n) is 8.06. The summed E-state index contributed by atoms with van der Waals surface area (Å²) >= 11 is 0. The number of piperazine rings is 1. The normalized spacial score (nSPS) is 16.4. The maximum Gasteiger partial charge on any atom is 0.166 e. The van der Waals surface area contributed by atoms with Crippen LogP contribution in [0, 0.1) is 6.92 Å². The molecule has 2 fully saturated rings. The quantitative estimate of drug-likeness (QED) is 0.122. The van der Waals surface area contributed by atoms with Gasteiger partial charge in [0.15, 0.2) is 5.65 Å². The number of likely N-dealkylation sites (tertiary alicyclic amines) is 1. The number of aryl methyl sites for hydroxylation is 2. The molecule has 2 saturated heterocycles. The molecule has 262 valence electrons. The SMILES string of the molecule is Cc1nn2c(N3CCN(CCO)CC3)cc(-c3cccc(CCCCCCCN4CCC(c5ccccc5)CC4)c3)nc2c1-c1ccccc1. The Morgan fingerprint density at radius 3 is 2.12 bits per heavy atom. The molecule has 7 nitrogen and oxygen atoms in total. The summed E-state index contributed by atoms with van der Waals surface area (Å²) in [5.74, 6) is 1.83. The molecule has 0 aliphatic carbocycles. The van der Waals surface area contributed by atoms with E-state index in [4.69, 9.17) is 10.1 Å². The summed E-state index contributed by atoms with van der Waals surface area (Å²) in [6.45, 7) is 10.4. The number of nitrogens with zero attached hydrogens (tertiary/aromatic N) is 6. The van der Waals surface area contributed by atoms with Crippen molar-refractivity contribution in [3.05, 3.63) is 108 Å². The number of aliphatic hydroxyl groups excluding tert-OH is 1. The first-order valence-corrected chi connectivity index (χ1v) is 19.1. The lowest BCUT2D eigenvalue weighted by atomic mass is 9.89. The number of unbranched alkanes of at least 4 members (excludes halogenated alkanes) is 4. The van der Waals surface area contributed by atoms with Crippen molar-refractivity contribution in [2.24, 2.45) is 0 Å². The Hall–Kier alpha value is -4.04. The number of anilines is 1. The van der Waals surface area contributed by atoms with E-state index in [1.165, 1.54) is 81.3 Å². The fraction of sp³-hybridized carbons (Fsp3) is 0.442. The van der Waals surface area contributed by atoms with Crippen LogP contribution in [0.25, 0.3) is 28.0 Å². The Bertz CT molecular complexity index is 1790. The van der Waals surface area contributed by atoms with Gasteiger partial charge in [0.25, 0.3) is 0 Å². The Balaban J connectivity index is 0.970. The zero-order valence-corrected chi connectivity index (χ0v) is 29.9. The third-order valence-electron chi connectivity index (χ3n) is 10.9. The van der Waals surface area contributed by atoms with E-state index < -0.39 is 0 Å². The van der Waals surface area contributed by atoms with Gasteiger partial charge in [0, 0.05) is 49.9 Å². The molecule has 0 atom stereocenters. The molecule has 0 radical (unpaired) electrons. The second-order valence-electron chi connectivity index (χ2n) is 14.4. The van der Waals surface area contributed by atoms with Crippen molar-refractivity contribution in [3.8, 4) is 22.4 Å². The number of aliphatic hydroxyl groups is 1. The van der Waals surface area contributed by atoms with E-state index in [0.29, 0.717) is 0 Å². The maximum absolute atomic E-state index is 9.47. The molecule has 0 unspecified atom stereocenters. The van der Waals surface area contributed by atoms with E-state index in [2.05, 4.69) is 117 Å². The van der Waals surface area contributed by atoms with Gasteiger partial charge < -0.3 is 14.9 Å². The van der Waals surface area contributed by atoms with Gasteiger partial charge in [-0.25, -0.2) is 4.98 Å². The monoisotopic (exact) mass is 670 g/mol. The summed E-state index contributed by atoms with van der Waals surface area (Å²) in [6, 6.07) is 32.9. The molecule has 7 heteroatoms. The molecule has 0 spiro atoms. The van der Waals surface area contributed by atoms with Crippen LogP contribution in [0.4, 0.5) is 5.82 Å². The van der Waals surface area contributed by atoms with E-state index >= 15 is 0 Å². The highest BCUT2D eigenvalue weighted by Crippen LogP contribution is 2.33. The number of β-amino-alcohol motifs (C(OH)–C–C–N with tert-alkyl or cyclic N) is 1. The van der Waals surface area contributed by atoms with Crippen LogP contribution in [-0.2, 0) is 6.42 Å². The number of benzene rings is 3. The Kier molecular flexibility index (Phi) is 11.5. The van der Waals surface area contributed by atoms with Gasteiger partial charge in [-0.05, 0) is 87.3 Å². The summed E-state index contributed by atoms with van der Waals surface area (Å²) in [4.78, 5) is 12.8. The lowest BCUT2D eigenvalue weighted by Gasteiger charge is -2.35. The van der Waals surface area contributed by atoms with Gasteiger partial charge in [-0.1, -0.05) is 98.1 Å². The zero-order chi connectivity index (χ0) is 34.1. The van der Waals surface area contributed by atoms with Crippen molar-refractivity contribution in [2.45, 2.75) is 64.2 Å². The van der Waals surface area contributed by atoms with E-state index in [1.54, 1.807) is 0 Å². The molecule has 50 heavy (non-hydrogen) atoms. The highest BCUT2D eigenvalue weighted by Gasteiger charge is 2.24. The molecule has 2 aliphatic heterocycles. The third-order valence-corrected chi connectivity index (χ3v) is 10.9. The van der Waals surface area contributed by atoms with Gasteiger partial charge in [0.2, 0.25) is 0 Å². The van der Waals surface area contributed by atoms with Crippen LogP contribution in [0.1, 0.15) is 67.7 Å². The predicted molar refractivity (Wildman–Crippen MR) is 206 cm³/mol. The molecule has 4 heterocycles. The Labute approximate surface area is 298 Å². The lowest BCUT2D eigenvalue weighted by Crippen LogP contribution is -2.47. The standard InChI is InChI=1S/C43H54N6O/c1-34-42(38-18-10-6-11-19-38)43-44-40(33-41(49(43)45-34)48-28-26-47(27-29-48)30-31-50)39-20-13-15-35(32-39)14-7-3-2-4-12-23-46-24-21-37(22-25-46)36-16-8-5-9-17-36/h5-6,8-11,13,15-20,32-33,37,50H,2-4,7,12,14,21-31H2,1H3. The Morgan fingerprint density at radius 1 is 0.680 bits per heavy atom. The molecule has 5 aromatic rings. The van der Waals surface area contributed by atoms with Gasteiger partial charge >= 0.3 is 0 Å². The van der Waals surface area contributed by atoms with Crippen molar-refractivity contribution in [1.82, 2.24) is 24.4 Å². The maximum atomic E-state index is 9.47. The molecule has 1 N–H and O–H groups in total. The van der Waals surface area contributed by atoms with Crippen LogP contribution < -0.4 is 4.90 Å². The third kappa shape index (κ3) is 8.28. The van der Waals surface area contributed by atoms with Crippen LogP contribution in [0.5, 0.6) is 0 Å². The summed E-state index contributed by atoms with van der Waals surface area (Å²) in [7, 11) is 0. The second-order valence-corrected chi connectivity index (χ2v) is 14.4. The van der Waals surface area contributed by atoms with Crippen LogP contribution >= 0.6 is 0 Å². The molecule has 0 amide bonds. The number of piperidine rings is 1. The van der Waals surface area contributed by atoms with E-state index in [1.807, 2.05) is 0 Å². The van der Waals surface area contributed by atoms with E-state index in [0.717, 1.165) is 79.0 Å². The molecular weight excluding hydrogens is 617 g/mol. The van der Waals surface area contributed by atoms with Gasteiger partial charge in [-0.15, -0.1) is 0 Å². The van der Waals surface area contributed by atoms with Crippen LogP contribution in [-0.4, -0.2) is 88.5 Å². The first kappa shape index (κ1) is 34.4. The summed E-state index contributed by atoms with van der Waals surface area (Å²) < 4.78 is 2.06. The average Bonchev–Trinajstić information content (AvgIpc) is 3.51. The second kappa shape index (κ2) is 16.8. The topological polar surface area (TPSA) is 60.1 Å². The molecule has 2 aromatic heterocycles. The number of rotatable bonds is 14. The minimum atomic E-state index is 0.202. The molecule has 7 rings (SSSR count). The van der Waals surface area contributed by atoms with Crippen LogP contribution in [0.3, 0.4) is 0 Å². The lowest BCUT2D eigenvalue weighted by molar-refractivity contribution is 0.188. The van der Waals surface area contributed by atoms with Gasteiger partial charge in [-0.3, -0.25) is 4.90 Å². The van der Waals surface area contributed by atoms with E-state index in [9.17, 15) is 5.11 Å². The van der Waals surface area contributed by atoms with Crippen molar-refractivity contribution >= 4 is 11.5 Å². The van der Waals surface area contributed by atoms with Crippen molar-refractivity contribution in [1.29, 1.82) is 0 Å². The number of hydrogen-bond donors (Lipinski definition) is 1. The molecule has 0 bridgehead atoms. The predicted octanol–water partition coefficient (Wildman–Crippen LogP) is 7.86. The van der Waals surface area contributed by atoms with Crippen LogP contribution in [0.2, 0.25) is 0 Å². The van der Waals surface area contributed by atoms with Crippen molar-refractivity contribution in [2.75, 3.05) is 63.9 Å². The van der Waals surface area contributed by atoms with Crippen molar-refractivity contribution in [3.63, 3.8) is 0 Å². The first-order chi connectivity index (χ1) is 24.7.